The van der Waals surface area contributed by atoms with Crippen molar-refractivity contribution in [3.8, 4) is 23.0 Å². The monoisotopic (exact) mass is 636 g/mol. The minimum Gasteiger partial charge on any atom is -0.497 e. The van der Waals surface area contributed by atoms with Crippen LogP contribution in [0.25, 0.3) is 0 Å². The highest BCUT2D eigenvalue weighted by Crippen LogP contribution is 2.38. The Morgan fingerprint density at radius 2 is 0.708 bits per heavy atom. The third kappa shape index (κ3) is 8.09. The summed E-state index contributed by atoms with van der Waals surface area (Å²) in [4.78, 5) is 4.42. The second-order valence-corrected chi connectivity index (χ2v) is 11.1. The number of methoxy groups -OCH3 is 2. The van der Waals surface area contributed by atoms with E-state index < -0.39 is 0 Å². The third-order valence-electron chi connectivity index (χ3n) is 7.92. The Hall–Kier alpha value is -5.88. The van der Waals surface area contributed by atoms with Crippen molar-refractivity contribution >= 4 is 34.1 Å². The molecule has 0 N–H and O–H groups in total. The Morgan fingerprint density at radius 3 is 1.08 bits per heavy atom. The molecule has 0 fully saturated rings. The molecule has 0 unspecified atom stereocenters. The van der Waals surface area contributed by atoms with Gasteiger partial charge >= 0.3 is 0 Å². The number of para-hydroxylation sites is 2. The van der Waals surface area contributed by atoms with Crippen molar-refractivity contribution in [2.24, 2.45) is 0 Å². The van der Waals surface area contributed by atoms with E-state index in [9.17, 15) is 0 Å². The summed E-state index contributed by atoms with van der Waals surface area (Å²) in [5.41, 5.74) is 6.25. The van der Waals surface area contributed by atoms with E-state index in [1.54, 1.807) is 14.2 Å². The fraction of sp³-hybridized carbons (Fsp3) is 0.143. The molecule has 0 amide bonds. The first-order chi connectivity index (χ1) is 23.7. The van der Waals surface area contributed by atoms with Gasteiger partial charge in [0.2, 0.25) is 0 Å². The van der Waals surface area contributed by atoms with Crippen molar-refractivity contribution in [2.45, 2.75) is 12.8 Å². The van der Waals surface area contributed by atoms with Gasteiger partial charge in [-0.05, 0) is 110 Å². The first-order valence-electron chi connectivity index (χ1n) is 16.2. The summed E-state index contributed by atoms with van der Waals surface area (Å²) >= 11 is 0. The largest absolute Gasteiger partial charge is 0.497 e. The summed E-state index contributed by atoms with van der Waals surface area (Å²) in [6, 6.07) is 53.2. The van der Waals surface area contributed by atoms with Crippen molar-refractivity contribution in [3.63, 3.8) is 0 Å². The first kappa shape index (κ1) is 32.1. The molecular weight excluding hydrogens is 596 g/mol. The topological polar surface area (TPSA) is 43.4 Å². The summed E-state index contributed by atoms with van der Waals surface area (Å²) in [5, 5.41) is 0. The Balaban J connectivity index is 1.06. The lowest BCUT2D eigenvalue weighted by atomic mass is 10.2. The second kappa shape index (κ2) is 16.1. The fourth-order valence-electron chi connectivity index (χ4n) is 5.52. The molecule has 0 aliphatic carbocycles. The number of rotatable bonds is 15. The summed E-state index contributed by atoms with van der Waals surface area (Å²) in [6.45, 7) is 1.19. The van der Waals surface area contributed by atoms with Crippen LogP contribution in [0.5, 0.6) is 23.0 Å². The number of ether oxygens (including phenoxy) is 4. The summed E-state index contributed by atoms with van der Waals surface area (Å²) < 4.78 is 23.2. The van der Waals surface area contributed by atoms with Crippen LogP contribution >= 0.6 is 0 Å². The molecule has 0 spiro atoms. The van der Waals surface area contributed by atoms with Gasteiger partial charge in [-0.25, -0.2) is 0 Å². The summed E-state index contributed by atoms with van der Waals surface area (Å²) in [7, 11) is 3.36. The normalized spacial score (nSPS) is 10.6. The smallest absolute Gasteiger partial charge is 0.121 e. The lowest BCUT2D eigenvalue weighted by Gasteiger charge is -2.26. The average Bonchev–Trinajstić information content (AvgIpc) is 3.15. The molecule has 6 heteroatoms. The number of unbranched alkanes of at least 4 members (excludes halogenated alkanes) is 1. The zero-order chi connectivity index (χ0) is 33.0. The zero-order valence-electron chi connectivity index (χ0n) is 27.4. The van der Waals surface area contributed by atoms with Crippen LogP contribution in [-0.4, -0.2) is 27.4 Å². The Morgan fingerprint density at radius 1 is 0.354 bits per heavy atom. The molecule has 0 atom stereocenters. The highest BCUT2D eigenvalue weighted by Gasteiger charge is 2.15. The van der Waals surface area contributed by atoms with E-state index in [2.05, 4.69) is 82.6 Å². The fourth-order valence-corrected chi connectivity index (χ4v) is 5.52. The highest BCUT2D eigenvalue weighted by molar-refractivity contribution is 5.78. The number of hydrogen-bond donors (Lipinski definition) is 0. The minimum atomic E-state index is 0.597. The molecule has 0 radical (unpaired) electrons. The minimum absolute atomic E-state index is 0.597. The SMILES string of the molecule is COc1ccc(N(c2ccccc2)c2cccc(OCCCCOc3cccc(N(c4ccccc4)c4ccc(OC)cc4)c3)c2)cc1. The molecule has 0 heterocycles. The van der Waals surface area contributed by atoms with E-state index in [0.717, 1.165) is 70.0 Å². The van der Waals surface area contributed by atoms with Gasteiger partial charge in [0, 0.05) is 46.3 Å². The van der Waals surface area contributed by atoms with Gasteiger partial charge in [-0.2, -0.15) is 0 Å². The van der Waals surface area contributed by atoms with Crippen molar-refractivity contribution in [3.05, 3.63) is 158 Å². The third-order valence-corrected chi connectivity index (χ3v) is 7.92. The van der Waals surface area contributed by atoms with Gasteiger partial charge in [0.05, 0.1) is 27.4 Å². The van der Waals surface area contributed by atoms with Crippen molar-refractivity contribution < 1.29 is 18.9 Å². The van der Waals surface area contributed by atoms with Crippen LogP contribution in [0.15, 0.2) is 158 Å². The first-order valence-corrected chi connectivity index (χ1v) is 16.2. The van der Waals surface area contributed by atoms with Gasteiger partial charge in [-0.1, -0.05) is 48.5 Å². The quantitative estimate of drug-likeness (QED) is 0.105. The Labute approximate surface area is 283 Å². The standard InChI is InChI=1S/C42H40N2O4/c1-45-39-25-21-35(22-26-39)43(33-13-5-3-6-14-33)37-17-11-19-41(31-37)47-29-9-10-30-48-42-20-12-18-38(32-42)44(34-15-7-4-8-16-34)36-23-27-40(46-2)28-24-36/h3-8,11-28,31-32H,9-10,29-30H2,1-2H3. The van der Waals surface area contributed by atoms with E-state index in [4.69, 9.17) is 18.9 Å². The molecule has 0 aromatic heterocycles. The highest BCUT2D eigenvalue weighted by atomic mass is 16.5. The molecule has 6 aromatic carbocycles. The van der Waals surface area contributed by atoms with Crippen LogP contribution in [0.1, 0.15) is 12.8 Å². The van der Waals surface area contributed by atoms with E-state index in [1.807, 2.05) is 84.9 Å². The van der Waals surface area contributed by atoms with Crippen LogP contribution in [0.4, 0.5) is 34.1 Å². The molecule has 0 aliphatic rings. The number of anilines is 6. The lowest BCUT2D eigenvalue weighted by molar-refractivity contribution is 0.266. The number of nitrogens with zero attached hydrogens (tertiary/aromatic N) is 2. The van der Waals surface area contributed by atoms with Gasteiger partial charge in [0.15, 0.2) is 0 Å². The summed E-state index contributed by atoms with van der Waals surface area (Å²) in [6.07, 6.45) is 1.74. The Kier molecular flexibility index (Phi) is 10.8. The molecule has 6 rings (SSSR count). The van der Waals surface area contributed by atoms with E-state index in [0.29, 0.717) is 13.2 Å². The maximum absolute atomic E-state index is 6.20. The van der Waals surface area contributed by atoms with Crippen LogP contribution in [0.3, 0.4) is 0 Å². The average molecular weight is 637 g/mol. The number of benzene rings is 6. The second-order valence-electron chi connectivity index (χ2n) is 11.1. The van der Waals surface area contributed by atoms with Crippen LogP contribution in [0, 0.1) is 0 Å². The zero-order valence-corrected chi connectivity index (χ0v) is 27.4. The van der Waals surface area contributed by atoms with Crippen LogP contribution in [0.2, 0.25) is 0 Å². The lowest BCUT2D eigenvalue weighted by Crippen LogP contribution is -2.10. The van der Waals surface area contributed by atoms with Gasteiger partial charge < -0.3 is 28.7 Å². The van der Waals surface area contributed by atoms with Crippen LogP contribution < -0.4 is 28.7 Å². The molecule has 48 heavy (non-hydrogen) atoms. The van der Waals surface area contributed by atoms with E-state index in [1.165, 1.54) is 0 Å². The molecule has 0 aliphatic heterocycles. The van der Waals surface area contributed by atoms with E-state index in [-0.39, 0.29) is 0 Å². The molecule has 6 nitrogen and oxygen atoms in total. The van der Waals surface area contributed by atoms with E-state index >= 15 is 0 Å². The molecule has 0 saturated heterocycles. The van der Waals surface area contributed by atoms with Gasteiger partial charge in [-0.15, -0.1) is 0 Å². The summed E-state index contributed by atoms with van der Waals surface area (Å²) in [5.74, 6) is 3.30. The maximum atomic E-state index is 6.20. The molecule has 0 saturated carbocycles. The predicted octanol–water partition coefficient (Wildman–Crippen LogP) is 10.9. The van der Waals surface area contributed by atoms with Crippen molar-refractivity contribution in [1.29, 1.82) is 0 Å². The molecule has 242 valence electrons. The molecule has 0 bridgehead atoms. The van der Waals surface area contributed by atoms with Crippen LogP contribution in [-0.2, 0) is 0 Å². The predicted molar refractivity (Wildman–Crippen MR) is 196 cm³/mol. The van der Waals surface area contributed by atoms with Crippen molar-refractivity contribution in [2.75, 3.05) is 37.2 Å². The van der Waals surface area contributed by atoms with Crippen molar-refractivity contribution in [1.82, 2.24) is 0 Å². The number of hydrogen-bond acceptors (Lipinski definition) is 6. The molecular formula is C42H40N2O4. The maximum Gasteiger partial charge on any atom is 0.121 e. The van der Waals surface area contributed by atoms with Gasteiger partial charge in [0.25, 0.3) is 0 Å². The Bertz CT molecular complexity index is 1710. The van der Waals surface area contributed by atoms with Gasteiger partial charge in [-0.3, -0.25) is 0 Å². The van der Waals surface area contributed by atoms with Gasteiger partial charge in [0.1, 0.15) is 23.0 Å². The molecule has 6 aromatic rings.